The van der Waals surface area contributed by atoms with Crippen LogP contribution in [-0.4, -0.2) is 38.7 Å². The molecule has 7 nitrogen and oxygen atoms in total. The fraction of sp³-hybridized carbons (Fsp3) is 0.471. The molecule has 8 heteroatoms. The number of benzene rings is 1. The number of rotatable bonds is 8. The smallest absolute Gasteiger partial charge is 0.230 e. The first kappa shape index (κ1) is 19.1. The van der Waals surface area contributed by atoms with Crippen LogP contribution in [0.2, 0.25) is 0 Å². The SMILES string of the molecule is CCOc1ccc(-c2nnc(SCC(=O)NC(C)(C)CC)n2N)cc1. The molecule has 0 saturated heterocycles. The number of nitrogens with one attached hydrogen (secondary N) is 1. The maximum Gasteiger partial charge on any atom is 0.230 e. The van der Waals surface area contributed by atoms with Crippen LogP contribution < -0.4 is 15.9 Å². The Morgan fingerprint density at radius 1 is 1.28 bits per heavy atom. The normalized spacial score (nSPS) is 11.4. The van der Waals surface area contributed by atoms with Crippen LogP contribution in [0.1, 0.15) is 34.1 Å². The third kappa shape index (κ3) is 5.12. The third-order valence-corrected chi connectivity index (χ3v) is 4.73. The lowest BCUT2D eigenvalue weighted by molar-refractivity contribution is -0.120. The summed E-state index contributed by atoms with van der Waals surface area (Å²) in [5.41, 5.74) is 0.614. The molecule has 25 heavy (non-hydrogen) atoms. The minimum atomic E-state index is -0.221. The van der Waals surface area contributed by atoms with Gasteiger partial charge in [0.15, 0.2) is 5.82 Å². The van der Waals surface area contributed by atoms with Gasteiger partial charge in [-0.15, -0.1) is 10.2 Å². The van der Waals surface area contributed by atoms with E-state index in [-0.39, 0.29) is 17.2 Å². The topological polar surface area (TPSA) is 95.1 Å². The van der Waals surface area contributed by atoms with Gasteiger partial charge in [-0.2, -0.15) is 0 Å². The number of aromatic nitrogens is 3. The zero-order valence-corrected chi connectivity index (χ0v) is 15.9. The van der Waals surface area contributed by atoms with E-state index in [9.17, 15) is 4.79 Å². The minimum Gasteiger partial charge on any atom is -0.494 e. The lowest BCUT2D eigenvalue weighted by Crippen LogP contribution is -2.43. The first-order valence-electron chi connectivity index (χ1n) is 8.24. The molecule has 1 aromatic carbocycles. The van der Waals surface area contributed by atoms with Crippen molar-refractivity contribution in [3.8, 4) is 17.1 Å². The highest BCUT2D eigenvalue weighted by molar-refractivity contribution is 7.99. The molecule has 0 saturated carbocycles. The average molecular weight is 363 g/mol. The third-order valence-electron chi connectivity index (χ3n) is 3.78. The van der Waals surface area contributed by atoms with Gasteiger partial charge in [0.2, 0.25) is 11.1 Å². The van der Waals surface area contributed by atoms with E-state index in [0.717, 1.165) is 17.7 Å². The van der Waals surface area contributed by atoms with Gasteiger partial charge in [-0.05, 0) is 51.5 Å². The summed E-state index contributed by atoms with van der Waals surface area (Å²) in [6, 6.07) is 7.48. The zero-order chi connectivity index (χ0) is 18.4. The van der Waals surface area contributed by atoms with Gasteiger partial charge in [0.05, 0.1) is 12.4 Å². The van der Waals surface area contributed by atoms with Crippen LogP contribution in [0.3, 0.4) is 0 Å². The van der Waals surface area contributed by atoms with E-state index < -0.39 is 0 Å². The summed E-state index contributed by atoms with van der Waals surface area (Å²) in [5, 5.41) is 11.7. The van der Waals surface area contributed by atoms with Gasteiger partial charge in [0.1, 0.15) is 5.75 Å². The fourth-order valence-corrected chi connectivity index (χ4v) is 2.73. The predicted octanol–water partition coefficient (Wildman–Crippen LogP) is 2.45. The summed E-state index contributed by atoms with van der Waals surface area (Å²) < 4.78 is 6.82. The molecule has 0 radical (unpaired) electrons. The van der Waals surface area contributed by atoms with Crippen molar-refractivity contribution in [3.63, 3.8) is 0 Å². The Labute approximate surface area is 152 Å². The van der Waals surface area contributed by atoms with E-state index >= 15 is 0 Å². The molecule has 0 unspecified atom stereocenters. The molecule has 0 fully saturated rings. The summed E-state index contributed by atoms with van der Waals surface area (Å²) in [6.45, 7) is 8.57. The van der Waals surface area contributed by atoms with Gasteiger partial charge in [-0.3, -0.25) is 4.79 Å². The van der Waals surface area contributed by atoms with Gasteiger partial charge >= 0.3 is 0 Å². The van der Waals surface area contributed by atoms with Gasteiger partial charge in [-0.25, -0.2) is 4.68 Å². The summed E-state index contributed by atoms with van der Waals surface area (Å²) in [6.07, 6.45) is 0.859. The van der Waals surface area contributed by atoms with Gasteiger partial charge < -0.3 is 15.9 Å². The molecule has 0 aliphatic heterocycles. The lowest BCUT2D eigenvalue weighted by Gasteiger charge is -2.24. The Bertz CT molecular complexity index is 712. The predicted molar refractivity (Wildman–Crippen MR) is 100 cm³/mol. The molecule has 1 aromatic heterocycles. The summed E-state index contributed by atoms with van der Waals surface area (Å²) in [5.74, 6) is 7.60. The molecular formula is C17H25N5O2S. The highest BCUT2D eigenvalue weighted by atomic mass is 32.2. The Kier molecular flexibility index (Phi) is 6.30. The number of carbonyl (C=O) groups excluding carboxylic acids is 1. The monoisotopic (exact) mass is 363 g/mol. The van der Waals surface area contributed by atoms with Crippen LogP contribution in [0.25, 0.3) is 11.4 Å². The summed E-state index contributed by atoms with van der Waals surface area (Å²) in [4.78, 5) is 12.0. The van der Waals surface area contributed by atoms with E-state index in [4.69, 9.17) is 10.6 Å². The number of carbonyl (C=O) groups is 1. The van der Waals surface area contributed by atoms with E-state index in [1.165, 1.54) is 16.4 Å². The van der Waals surface area contributed by atoms with E-state index in [1.807, 2.05) is 52.0 Å². The van der Waals surface area contributed by atoms with E-state index in [0.29, 0.717) is 17.6 Å². The van der Waals surface area contributed by atoms with Crippen LogP contribution in [0.5, 0.6) is 5.75 Å². The first-order valence-corrected chi connectivity index (χ1v) is 9.22. The highest BCUT2D eigenvalue weighted by Gasteiger charge is 2.19. The second kappa shape index (κ2) is 8.24. The van der Waals surface area contributed by atoms with Crippen molar-refractivity contribution in [2.75, 3.05) is 18.2 Å². The quantitative estimate of drug-likeness (QED) is 0.552. The second-order valence-electron chi connectivity index (χ2n) is 6.21. The van der Waals surface area contributed by atoms with Crippen LogP contribution in [0, 0.1) is 0 Å². The number of nitrogens with two attached hydrogens (primary N) is 1. The van der Waals surface area contributed by atoms with Gasteiger partial charge in [-0.1, -0.05) is 18.7 Å². The number of ether oxygens (including phenoxy) is 1. The molecule has 3 N–H and O–H groups in total. The summed E-state index contributed by atoms with van der Waals surface area (Å²) >= 11 is 1.26. The number of hydrogen-bond acceptors (Lipinski definition) is 6. The molecule has 0 spiro atoms. The maximum atomic E-state index is 12.0. The van der Waals surface area contributed by atoms with Crippen molar-refractivity contribution in [1.29, 1.82) is 0 Å². The zero-order valence-electron chi connectivity index (χ0n) is 15.1. The van der Waals surface area contributed by atoms with E-state index in [2.05, 4.69) is 15.5 Å². The molecule has 0 bridgehead atoms. The molecule has 2 rings (SSSR count). The van der Waals surface area contributed by atoms with E-state index in [1.54, 1.807) is 0 Å². The Morgan fingerprint density at radius 3 is 2.56 bits per heavy atom. The fourth-order valence-electron chi connectivity index (χ4n) is 2.07. The Balaban J connectivity index is 2.02. The van der Waals surface area contributed by atoms with Crippen molar-refractivity contribution in [3.05, 3.63) is 24.3 Å². The molecule has 0 atom stereocenters. The van der Waals surface area contributed by atoms with Crippen molar-refractivity contribution in [2.24, 2.45) is 0 Å². The number of hydrogen-bond donors (Lipinski definition) is 2. The van der Waals surface area contributed by atoms with Gasteiger partial charge in [0.25, 0.3) is 0 Å². The molecule has 1 heterocycles. The van der Waals surface area contributed by atoms with Crippen LogP contribution in [0.15, 0.2) is 29.4 Å². The van der Waals surface area contributed by atoms with Crippen molar-refractivity contribution in [1.82, 2.24) is 20.2 Å². The number of nitrogens with zero attached hydrogens (tertiary/aromatic N) is 3. The maximum absolute atomic E-state index is 12.0. The minimum absolute atomic E-state index is 0.0533. The first-order chi connectivity index (χ1) is 11.9. The number of nitrogen functional groups attached to an aromatic ring is 1. The molecule has 0 aliphatic carbocycles. The molecule has 1 amide bonds. The van der Waals surface area contributed by atoms with Crippen LogP contribution >= 0.6 is 11.8 Å². The Morgan fingerprint density at radius 2 is 1.96 bits per heavy atom. The van der Waals surface area contributed by atoms with Crippen molar-refractivity contribution in [2.45, 2.75) is 44.8 Å². The van der Waals surface area contributed by atoms with Crippen molar-refractivity contribution >= 4 is 17.7 Å². The largest absolute Gasteiger partial charge is 0.494 e. The molecule has 0 aliphatic rings. The molecule has 136 valence electrons. The highest BCUT2D eigenvalue weighted by Crippen LogP contribution is 2.23. The van der Waals surface area contributed by atoms with Crippen LogP contribution in [-0.2, 0) is 4.79 Å². The molecular weight excluding hydrogens is 338 g/mol. The average Bonchev–Trinajstić information content (AvgIpc) is 2.94. The van der Waals surface area contributed by atoms with Gasteiger partial charge in [0, 0.05) is 11.1 Å². The van der Waals surface area contributed by atoms with Crippen molar-refractivity contribution < 1.29 is 9.53 Å². The van der Waals surface area contributed by atoms with Crippen LogP contribution in [0.4, 0.5) is 0 Å². The summed E-state index contributed by atoms with van der Waals surface area (Å²) in [7, 11) is 0. The number of amides is 1. The molecule has 2 aromatic rings. The Hall–Kier alpha value is -2.22. The second-order valence-corrected chi connectivity index (χ2v) is 7.15. The number of thioether (sulfide) groups is 1. The standard InChI is InChI=1S/C17H25N5O2S/c1-5-17(3,4)19-14(23)11-25-16-21-20-15(22(16)18)12-7-9-13(10-8-12)24-6-2/h7-10H,5-6,11,18H2,1-4H3,(H,19,23). The lowest BCUT2D eigenvalue weighted by atomic mass is 10.0.